The topological polar surface area (TPSA) is 80.6 Å². The highest BCUT2D eigenvalue weighted by atomic mass is 35.5. The second-order valence-corrected chi connectivity index (χ2v) is 5.92. The normalized spacial score (nSPS) is 10.4. The van der Waals surface area contributed by atoms with Gasteiger partial charge in [0.1, 0.15) is 17.3 Å². The number of aryl methyl sites for hydroxylation is 4. The molecule has 0 radical (unpaired) electrons. The SMILES string of the molecule is Cc1cc(C(=O)NNC(=O)COc2c(C)cc(Cl)cc2C)c(C)o1. The molecule has 0 saturated heterocycles. The molecule has 1 heterocycles. The summed E-state index contributed by atoms with van der Waals surface area (Å²) in [6.45, 7) is 6.88. The summed E-state index contributed by atoms with van der Waals surface area (Å²) in [5.74, 6) is 0.789. The molecule has 6 nitrogen and oxygen atoms in total. The van der Waals surface area contributed by atoms with Gasteiger partial charge in [-0.05, 0) is 57.0 Å². The first-order valence-electron chi connectivity index (χ1n) is 7.33. The molecule has 128 valence electrons. The summed E-state index contributed by atoms with van der Waals surface area (Å²) in [5, 5.41) is 0.611. The summed E-state index contributed by atoms with van der Waals surface area (Å²) in [4.78, 5) is 23.8. The van der Waals surface area contributed by atoms with Gasteiger partial charge in [-0.15, -0.1) is 0 Å². The van der Waals surface area contributed by atoms with Crippen LogP contribution in [0.2, 0.25) is 5.02 Å². The van der Waals surface area contributed by atoms with Crippen LogP contribution in [0.5, 0.6) is 5.75 Å². The molecule has 0 spiro atoms. The van der Waals surface area contributed by atoms with Gasteiger partial charge < -0.3 is 9.15 Å². The maximum atomic E-state index is 12.0. The summed E-state index contributed by atoms with van der Waals surface area (Å²) in [7, 11) is 0. The van der Waals surface area contributed by atoms with E-state index in [1.807, 2.05) is 13.8 Å². The number of halogens is 1. The third-order valence-electron chi connectivity index (χ3n) is 3.37. The van der Waals surface area contributed by atoms with Crippen LogP contribution in [0.4, 0.5) is 0 Å². The molecule has 24 heavy (non-hydrogen) atoms. The van der Waals surface area contributed by atoms with Gasteiger partial charge in [0.15, 0.2) is 6.61 Å². The molecule has 0 aliphatic rings. The third kappa shape index (κ3) is 4.29. The summed E-state index contributed by atoms with van der Waals surface area (Å²) < 4.78 is 10.8. The molecule has 0 saturated carbocycles. The van der Waals surface area contributed by atoms with Gasteiger partial charge in [-0.25, -0.2) is 0 Å². The van der Waals surface area contributed by atoms with Gasteiger partial charge in [-0.1, -0.05) is 11.6 Å². The van der Waals surface area contributed by atoms with Crippen molar-refractivity contribution in [2.24, 2.45) is 0 Å². The van der Waals surface area contributed by atoms with Crippen LogP contribution in [-0.4, -0.2) is 18.4 Å². The maximum Gasteiger partial charge on any atom is 0.276 e. The molecule has 2 N–H and O–H groups in total. The highest BCUT2D eigenvalue weighted by Gasteiger charge is 2.14. The van der Waals surface area contributed by atoms with Crippen molar-refractivity contribution in [1.82, 2.24) is 10.9 Å². The van der Waals surface area contributed by atoms with Crippen LogP contribution in [0.15, 0.2) is 22.6 Å². The molecule has 0 atom stereocenters. The van der Waals surface area contributed by atoms with E-state index in [2.05, 4.69) is 10.9 Å². The summed E-state index contributed by atoms with van der Waals surface area (Å²) >= 11 is 5.95. The van der Waals surface area contributed by atoms with E-state index in [-0.39, 0.29) is 6.61 Å². The number of ether oxygens (including phenoxy) is 1. The number of furan rings is 1. The molecule has 0 bridgehead atoms. The number of rotatable bonds is 4. The van der Waals surface area contributed by atoms with Crippen molar-refractivity contribution >= 4 is 23.4 Å². The fourth-order valence-corrected chi connectivity index (χ4v) is 2.68. The van der Waals surface area contributed by atoms with E-state index in [4.69, 9.17) is 20.8 Å². The molecule has 0 unspecified atom stereocenters. The number of hydrazine groups is 1. The van der Waals surface area contributed by atoms with Crippen molar-refractivity contribution in [2.45, 2.75) is 27.7 Å². The van der Waals surface area contributed by atoms with Gasteiger partial charge in [0, 0.05) is 5.02 Å². The third-order valence-corrected chi connectivity index (χ3v) is 3.59. The van der Waals surface area contributed by atoms with Gasteiger partial charge >= 0.3 is 0 Å². The maximum absolute atomic E-state index is 12.0. The first kappa shape index (κ1) is 17.9. The second-order valence-electron chi connectivity index (χ2n) is 5.49. The monoisotopic (exact) mass is 350 g/mol. The van der Waals surface area contributed by atoms with Gasteiger partial charge in [0.05, 0.1) is 5.56 Å². The molecule has 2 aromatic rings. The van der Waals surface area contributed by atoms with Gasteiger partial charge in [-0.3, -0.25) is 20.4 Å². The fraction of sp³-hybridized carbons (Fsp3) is 0.294. The van der Waals surface area contributed by atoms with Gasteiger partial charge in [0.25, 0.3) is 11.8 Å². The van der Waals surface area contributed by atoms with Crippen LogP contribution >= 0.6 is 11.6 Å². The zero-order chi connectivity index (χ0) is 17.9. The van der Waals surface area contributed by atoms with Gasteiger partial charge in [-0.2, -0.15) is 0 Å². The Morgan fingerprint density at radius 2 is 1.71 bits per heavy atom. The van der Waals surface area contributed by atoms with Crippen LogP contribution in [0, 0.1) is 27.7 Å². The minimum Gasteiger partial charge on any atom is -0.483 e. The zero-order valence-electron chi connectivity index (χ0n) is 14.0. The number of hydrogen-bond donors (Lipinski definition) is 2. The van der Waals surface area contributed by atoms with Crippen molar-refractivity contribution in [3.05, 3.63) is 51.4 Å². The molecular weight excluding hydrogens is 332 g/mol. The van der Waals surface area contributed by atoms with Crippen LogP contribution < -0.4 is 15.6 Å². The van der Waals surface area contributed by atoms with E-state index in [1.54, 1.807) is 32.0 Å². The first-order valence-corrected chi connectivity index (χ1v) is 7.71. The quantitative estimate of drug-likeness (QED) is 0.831. The molecule has 1 aromatic carbocycles. The average molecular weight is 351 g/mol. The second kappa shape index (κ2) is 7.40. The molecule has 2 amide bonds. The number of amides is 2. The molecule has 0 aliphatic carbocycles. The van der Waals surface area contributed by atoms with Crippen molar-refractivity contribution < 1.29 is 18.7 Å². The lowest BCUT2D eigenvalue weighted by molar-refractivity contribution is -0.123. The Bertz CT molecular complexity index is 760. The molecular formula is C17H19ClN2O4. The Morgan fingerprint density at radius 1 is 1.08 bits per heavy atom. The smallest absolute Gasteiger partial charge is 0.276 e. The summed E-state index contributed by atoms with van der Waals surface area (Å²) in [6, 6.07) is 5.12. The van der Waals surface area contributed by atoms with Crippen LogP contribution in [0.25, 0.3) is 0 Å². The van der Waals surface area contributed by atoms with Crippen molar-refractivity contribution in [3.63, 3.8) is 0 Å². The minimum absolute atomic E-state index is 0.229. The highest BCUT2D eigenvalue weighted by Crippen LogP contribution is 2.26. The van der Waals surface area contributed by atoms with E-state index < -0.39 is 11.8 Å². The number of carbonyl (C=O) groups is 2. The van der Waals surface area contributed by atoms with Crippen LogP contribution in [0.3, 0.4) is 0 Å². The minimum atomic E-state index is -0.477. The lowest BCUT2D eigenvalue weighted by Gasteiger charge is -2.13. The predicted octanol–water partition coefficient (Wildman–Crippen LogP) is 3.01. The van der Waals surface area contributed by atoms with E-state index >= 15 is 0 Å². The van der Waals surface area contributed by atoms with Crippen molar-refractivity contribution in [1.29, 1.82) is 0 Å². The lowest BCUT2D eigenvalue weighted by Crippen LogP contribution is -2.44. The molecule has 2 rings (SSSR count). The van der Waals surface area contributed by atoms with E-state index in [0.717, 1.165) is 11.1 Å². The molecule has 0 fully saturated rings. The Hall–Kier alpha value is -2.47. The Morgan fingerprint density at radius 3 is 2.25 bits per heavy atom. The number of carbonyl (C=O) groups excluding carboxylic acids is 2. The molecule has 7 heteroatoms. The van der Waals surface area contributed by atoms with Crippen LogP contribution in [-0.2, 0) is 4.79 Å². The summed E-state index contributed by atoms with van der Waals surface area (Å²) in [6.07, 6.45) is 0. The van der Waals surface area contributed by atoms with E-state index in [1.165, 1.54) is 0 Å². The first-order chi connectivity index (χ1) is 11.3. The standard InChI is InChI=1S/C17H19ClN2O4/c1-9-5-13(18)6-10(2)16(9)23-8-15(21)19-20-17(22)14-7-11(3)24-12(14)4/h5-7H,8H2,1-4H3,(H,19,21)(H,20,22). The number of nitrogens with one attached hydrogen (secondary N) is 2. The highest BCUT2D eigenvalue weighted by molar-refractivity contribution is 6.30. The van der Waals surface area contributed by atoms with E-state index in [9.17, 15) is 9.59 Å². The Balaban J connectivity index is 1.88. The zero-order valence-corrected chi connectivity index (χ0v) is 14.7. The largest absolute Gasteiger partial charge is 0.483 e. The van der Waals surface area contributed by atoms with Crippen LogP contribution in [0.1, 0.15) is 33.0 Å². The average Bonchev–Trinajstić information content (AvgIpc) is 2.82. The van der Waals surface area contributed by atoms with Gasteiger partial charge in [0.2, 0.25) is 0 Å². The molecule has 0 aliphatic heterocycles. The van der Waals surface area contributed by atoms with Crippen molar-refractivity contribution in [3.8, 4) is 5.75 Å². The number of benzene rings is 1. The summed E-state index contributed by atoms with van der Waals surface area (Å²) in [5.41, 5.74) is 6.68. The lowest BCUT2D eigenvalue weighted by atomic mass is 10.1. The van der Waals surface area contributed by atoms with Crippen molar-refractivity contribution in [2.75, 3.05) is 6.61 Å². The Labute approximate surface area is 145 Å². The van der Waals surface area contributed by atoms with E-state index in [0.29, 0.717) is 27.9 Å². The fourth-order valence-electron chi connectivity index (χ4n) is 2.35. The molecule has 1 aromatic heterocycles. The number of hydrogen-bond acceptors (Lipinski definition) is 4. The predicted molar refractivity (Wildman–Crippen MR) is 90.2 cm³/mol. The Kier molecular flexibility index (Phi) is 5.51.